The van der Waals surface area contributed by atoms with Gasteiger partial charge in [0.15, 0.2) is 0 Å². The molecule has 1 heterocycles. The molecular formula is C27H30N2O3. The number of benzene rings is 3. The van der Waals surface area contributed by atoms with E-state index in [4.69, 9.17) is 14.5 Å². The maximum atomic E-state index is 10.7. The molecule has 4 aromatic rings. The van der Waals surface area contributed by atoms with Crippen molar-refractivity contribution in [1.29, 1.82) is 0 Å². The molecule has 1 atom stereocenters. The number of nitrogens with zero attached hydrogens (tertiary/aromatic N) is 2. The first-order valence-electron chi connectivity index (χ1n) is 10.9. The predicted octanol–water partition coefficient (Wildman–Crippen LogP) is 5.29. The SMILES string of the molecule is Cc1cccc(OCC(O)Cn2c(COc3c(C)cc(C)cc3C)nc3ccccc32)c1. The van der Waals surface area contributed by atoms with Crippen molar-refractivity contribution in [2.75, 3.05) is 6.61 Å². The lowest BCUT2D eigenvalue weighted by atomic mass is 10.1. The van der Waals surface area contributed by atoms with E-state index >= 15 is 0 Å². The second-order valence-corrected chi connectivity index (χ2v) is 8.43. The van der Waals surface area contributed by atoms with E-state index in [-0.39, 0.29) is 6.61 Å². The van der Waals surface area contributed by atoms with Gasteiger partial charge in [0.1, 0.15) is 36.6 Å². The van der Waals surface area contributed by atoms with Crippen LogP contribution in [-0.4, -0.2) is 27.4 Å². The van der Waals surface area contributed by atoms with Crippen LogP contribution in [-0.2, 0) is 13.2 Å². The van der Waals surface area contributed by atoms with Gasteiger partial charge >= 0.3 is 0 Å². The minimum Gasteiger partial charge on any atom is -0.491 e. The maximum absolute atomic E-state index is 10.7. The van der Waals surface area contributed by atoms with Gasteiger partial charge in [-0.05, 0) is 68.7 Å². The van der Waals surface area contributed by atoms with Crippen molar-refractivity contribution >= 4 is 11.0 Å². The van der Waals surface area contributed by atoms with Crippen molar-refractivity contribution < 1.29 is 14.6 Å². The number of fused-ring (bicyclic) bond motifs is 1. The van der Waals surface area contributed by atoms with E-state index in [9.17, 15) is 5.11 Å². The average Bonchev–Trinajstić information content (AvgIpc) is 3.09. The Hall–Kier alpha value is -3.31. The first-order valence-corrected chi connectivity index (χ1v) is 10.9. The van der Waals surface area contributed by atoms with Crippen molar-refractivity contribution in [2.45, 2.75) is 47.0 Å². The van der Waals surface area contributed by atoms with E-state index in [1.165, 1.54) is 5.56 Å². The maximum Gasteiger partial charge on any atom is 0.148 e. The summed E-state index contributed by atoms with van der Waals surface area (Å²) in [4.78, 5) is 4.77. The molecular weight excluding hydrogens is 400 g/mol. The third-order valence-corrected chi connectivity index (χ3v) is 5.51. The molecule has 5 nitrogen and oxygen atoms in total. The summed E-state index contributed by atoms with van der Waals surface area (Å²) < 4.78 is 14.0. The van der Waals surface area contributed by atoms with Crippen molar-refractivity contribution in [3.63, 3.8) is 0 Å². The van der Waals surface area contributed by atoms with Gasteiger partial charge in [-0.3, -0.25) is 0 Å². The highest BCUT2D eigenvalue weighted by molar-refractivity contribution is 5.75. The summed E-state index contributed by atoms with van der Waals surface area (Å²) in [6.45, 7) is 9.12. The molecule has 32 heavy (non-hydrogen) atoms. The molecule has 0 bridgehead atoms. The third-order valence-electron chi connectivity index (χ3n) is 5.51. The Kier molecular flexibility index (Phi) is 6.47. The number of imidazole rings is 1. The number of aromatic nitrogens is 2. The van der Waals surface area contributed by atoms with Gasteiger partial charge in [-0.1, -0.05) is 42.0 Å². The van der Waals surface area contributed by atoms with E-state index in [2.05, 4.69) is 32.9 Å². The third kappa shape index (κ3) is 4.94. The van der Waals surface area contributed by atoms with Gasteiger partial charge in [-0.15, -0.1) is 0 Å². The van der Waals surface area contributed by atoms with E-state index < -0.39 is 6.10 Å². The molecule has 5 heteroatoms. The van der Waals surface area contributed by atoms with E-state index in [1.54, 1.807) is 0 Å². The predicted molar refractivity (Wildman–Crippen MR) is 127 cm³/mol. The molecule has 0 spiro atoms. The van der Waals surface area contributed by atoms with Gasteiger partial charge in [0.05, 0.1) is 17.6 Å². The second-order valence-electron chi connectivity index (χ2n) is 8.43. The Bertz CT molecular complexity index is 1210. The summed E-state index contributed by atoms with van der Waals surface area (Å²) in [6, 6.07) is 20.0. The van der Waals surface area contributed by atoms with Crippen molar-refractivity contribution in [3.05, 3.63) is 88.7 Å². The molecule has 0 fully saturated rings. The van der Waals surface area contributed by atoms with Crippen LogP contribution >= 0.6 is 0 Å². The van der Waals surface area contributed by atoms with Crippen LogP contribution in [0.15, 0.2) is 60.7 Å². The lowest BCUT2D eigenvalue weighted by Gasteiger charge is -2.17. The molecule has 0 amide bonds. The normalized spacial score (nSPS) is 12.2. The standard InChI is InChI=1S/C27H30N2O3/c1-18-8-7-9-23(14-18)31-16-22(30)15-29-25-11-6-5-10-24(25)28-26(29)17-32-27-20(3)12-19(2)13-21(27)4/h5-14,22,30H,15-17H2,1-4H3. The quantitative estimate of drug-likeness (QED) is 0.413. The van der Waals surface area contributed by atoms with Crippen LogP contribution in [0.4, 0.5) is 0 Å². The van der Waals surface area contributed by atoms with Gasteiger partial charge in [0.2, 0.25) is 0 Å². The van der Waals surface area contributed by atoms with Crippen LogP contribution in [0.5, 0.6) is 11.5 Å². The molecule has 0 aliphatic rings. The molecule has 0 saturated heterocycles. The van der Waals surface area contributed by atoms with Crippen LogP contribution in [0.3, 0.4) is 0 Å². The number of aryl methyl sites for hydroxylation is 4. The summed E-state index contributed by atoms with van der Waals surface area (Å²) in [5.74, 6) is 2.42. The minimum atomic E-state index is -0.685. The van der Waals surface area contributed by atoms with E-state index in [0.29, 0.717) is 13.2 Å². The molecule has 0 aliphatic carbocycles. The summed E-state index contributed by atoms with van der Waals surface area (Å²) in [5.41, 5.74) is 6.41. The van der Waals surface area contributed by atoms with E-state index in [1.807, 2.05) is 60.0 Å². The Morgan fingerprint density at radius 2 is 1.62 bits per heavy atom. The number of hydrogen-bond donors (Lipinski definition) is 1. The van der Waals surface area contributed by atoms with Crippen LogP contribution < -0.4 is 9.47 Å². The van der Waals surface area contributed by atoms with Gasteiger partial charge in [-0.2, -0.15) is 0 Å². The number of rotatable bonds is 8. The van der Waals surface area contributed by atoms with Crippen molar-refractivity contribution in [1.82, 2.24) is 9.55 Å². The zero-order chi connectivity index (χ0) is 22.7. The first kappa shape index (κ1) is 21.9. The molecule has 0 aliphatic heterocycles. The monoisotopic (exact) mass is 430 g/mol. The summed E-state index contributed by atoms with van der Waals surface area (Å²) in [5, 5.41) is 10.7. The first-order chi connectivity index (χ1) is 15.4. The molecule has 1 unspecified atom stereocenters. The van der Waals surface area contributed by atoms with Crippen molar-refractivity contribution in [3.8, 4) is 11.5 Å². The minimum absolute atomic E-state index is 0.201. The largest absolute Gasteiger partial charge is 0.491 e. The Balaban J connectivity index is 1.52. The lowest BCUT2D eigenvalue weighted by molar-refractivity contribution is 0.0917. The second kappa shape index (κ2) is 9.45. The number of para-hydroxylation sites is 2. The van der Waals surface area contributed by atoms with Crippen LogP contribution in [0, 0.1) is 27.7 Å². The van der Waals surface area contributed by atoms with Gasteiger partial charge in [0, 0.05) is 0 Å². The number of hydrogen-bond acceptors (Lipinski definition) is 4. The summed E-state index contributed by atoms with van der Waals surface area (Å²) in [7, 11) is 0. The highest BCUT2D eigenvalue weighted by Crippen LogP contribution is 2.26. The van der Waals surface area contributed by atoms with Crippen LogP contribution in [0.25, 0.3) is 11.0 Å². The Morgan fingerprint density at radius 3 is 2.38 bits per heavy atom. The fraction of sp³-hybridized carbons (Fsp3) is 0.296. The van der Waals surface area contributed by atoms with Gasteiger partial charge in [0.25, 0.3) is 0 Å². The molecule has 4 rings (SSSR count). The smallest absolute Gasteiger partial charge is 0.148 e. The van der Waals surface area contributed by atoms with E-state index in [0.717, 1.165) is 45.0 Å². The highest BCUT2D eigenvalue weighted by atomic mass is 16.5. The number of aliphatic hydroxyl groups excluding tert-OH is 1. The fourth-order valence-corrected chi connectivity index (χ4v) is 4.13. The lowest BCUT2D eigenvalue weighted by Crippen LogP contribution is -2.25. The van der Waals surface area contributed by atoms with Crippen LogP contribution in [0.1, 0.15) is 28.1 Å². The topological polar surface area (TPSA) is 56.5 Å². The molecule has 1 aromatic heterocycles. The average molecular weight is 431 g/mol. The summed E-state index contributed by atoms with van der Waals surface area (Å²) in [6.07, 6.45) is -0.685. The van der Waals surface area contributed by atoms with Crippen LogP contribution in [0.2, 0.25) is 0 Å². The van der Waals surface area contributed by atoms with Gasteiger partial charge < -0.3 is 19.1 Å². The molecule has 1 N–H and O–H groups in total. The molecule has 166 valence electrons. The zero-order valence-corrected chi connectivity index (χ0v) is 19.1. The summed E-state index contributed by atoms with van der Waals surface area (Å²) >= 11 is 0. The zero-order valence-electron chi connectivity index (χ0n) is 19.1. The number of aliphatic hydroxyl groups is 1. The Labute approximate surface area is 189 Å². The number of ether oxygens (including phenoxy) is 2. The molecule has 3 aromatic carbocycles. The highest BCUT2D eigenvalue weighted by Gasteiger charge is 2.16. The fourth-order valence-electron chi connectivity index (χ4n) is 4.13. The molecule has 0 radical (unpaired) electrons. The molecule has 0 saturated carbocycles. The van der Waals surface area contributed by atoms with Crippen molar-refractivity contribution in [2.24, 2.45) is 0 Å². The Morgan fingerprint density at radius 1 is 0.875 bits per heavy atom. The van der Waals surface area contributed by atoms with Gasteiger partial charge in [-0.25, -0.2) is 4.98 Å².